The molecule has 0 fully saturated rings. The van der Waals surface area contributed by atoms with Gasteiger partial charge in [-0.05, 0) is 20.0 Å². The molecular formula is C18H24N4O2. The van der Waals surface area contributed by atoms with Crippen molar-refractivity contribution in [3.05, 3.63) is 48.3 Å². The van der Waals surface area contributed by atoms with Crippen LogP contribution in [-0.4, -0.2) is 61.2 Å². The molecule has 24 heavy (non-hydrogen) atoms. The van der Waals surface area contributed by atoms with E-state index in [2.05, 4.69) is 20.2 Å². The maximum absolute atomic E-state index is 12.1. The third-order valence-electron chi connectivity index (χ3n) is 3.63. The number of nitrogens with one attached hydrogen (secondary N) is 1. The molecule has 128 valence electrons. The van der Waals surface area contributed by atoms with Gasteiger partial charge in [0.1, 0.15) is 0 Å². The van der Waals surface area contributed by atoms with E-state index in [4.69, 9.17) is 4.74 Å². The second-order valence-electron chi connectivity index (χ2n) is 5.57. The van der Waals surface area contributed by atoms with Crippen molar-refractivity contribution < 1.29 is 9.53 Å². The van der Waals surface area contributed by atoms with Crippen LogP contribution in [0.1, 0.15) is 16.8 Å². The number of hydrogen-bond donors (Lipinski definition) is 1. The van der Waals surface area contributed by atoms with Crippen molar-refractivity contribution in [2.24, 2.45) is 0 Å². The fraction of sp³-hybridized carbons (Fsp3) is 0.389. The first kappa shape index (κ1) is 18.0. The number of aromatic nitrogens is 2. The van der Waals surface area contributed by atoms with Crippen molar-refractivity contribution in [2.75, 3.05) is 40.4 Å². The number of carbonyl (C=O) groups excluding carboxylic acids is 1. The van der Waals surface area contributed by atoms with Crippen LogP contribution in [0.5, 0.6) is 0 Å². The second kappa shape index (κ2) is 9.75. The lowest BCUT2D eigenvalue weighted by molar-refractivity contribution is 0.0950. The first-order chi connectivity index (χ1) is 11.7. The first-order valence-corrected chi connectivity index (χ1v) is 8.04. The Labute approximate surface area is 142 Å². The van der Waals surface area contributed by atoms with Crippen LogP contribution in [0, 0.1) is 0 Å². The number of amides is 1. The van der Waals surface area contributed by atoms with Gasteiger partial charge < -0.3 is 15.0 Å². The molecule has 0 saturated carbocycles. The van der Waals surface area contributed by atoms with Crippen LogP contribution in [0.4, 0.5) is 0 Å². The molecule has 0 saturated heterocycles. The maximum atomic E-state index is 12.1. The van der Waals surface area contributed by atoms with Gasteiger partial charge in [0.25, 0.3) is 5.91 Å². The Morgan fingerprint density at radius 2 is 1.88 bits per heavy atom. The van der Waals surface area contributed by atoms with Crippen LogP contribution in [0.2, 0.25) is 0 Å². The van der Waals surface area contributed by atoms with Crippen LogP contribution in [0.3, 0.4) is 0 Å². The topological polar surface area (TPSA) is 67.3 Å². The Bertz CT molecular complexity index is 617. The largest absolute Gasteiger partial charge is 0.383 e. The summed E-state index contributed by atoms with van der Waals surface area (Å²) in [7, 11) is 3.73. The van der Waals surface area contributed by atoms with Crippen molar-refractivity contribution in [1.29, 1.82) is 0 Å². The summed E-state index contributed by atoms with van der Waals surface area (Å²) < 4.78 is 5.03. The van der Waals surface area contributed by atoms with E-state index >= 15 is 0 Å². The standard InChI is InChI=1S/C18H24N4O2/c1-22(11-12-24-2)10-6-9-19-18(23)16-13-20-17(21-14-16)15-7-4-3-5-8-15/h3-5,7-8,13-14H,6,9-12H2,1-2H3,(H,19,23). The van der Waals surface area contributed by atoms with Crippen LogP contribution >= 0.6 is 0 Å². The number of methoxy groups -OCH3 is 1. The molecule has 0 bridgehead atoms. The number of hydrogen-bond acceptors (Lipinski definition) is 5. The summed E-state index contributed by atoms with van der Waals surface area (Å²) in [6, 6.07) is 9.69. The molecule has 6 heteroatoms. The fourth-order valence-electron chi connectivity index (χ4n) is 2.19. The van der Waals surface area contributed by atoms with Crippen molar-refractivity contribution in [3.63, 3.8) is 0 Å². The monoisotopic (exact) mass is 328 g/mol. The van der Waals surface area contributed by atoms with Gasteiger partial charge in [-0.1, -0.05) is 30.3 Å². The Balaban J connectivity index is 1.77. The highest BCUT2D eigenvalue weighted by Gasteiger charge is 2.07. The lowest BCUT2D eigenvalue weighted by Gasteiger charge is -2.15. The average Bonchev–Trinajstić information content (AvgIpc) is 2.64. The highest BCUT2D eigenvalue weighted by atomic mass is 16.5. The molecule has 1 aromatic heterocycles. The van der Waals surface area contributed by atoms with Gasteiger partial charge in [-0.25, -0.2) is 9.97 Å². The van der Waals surface area contributed by atoms with Gasteiger partial charge in [-0.2, -0.15) is 0 Å². The summed E-state index contributed by atoms with van der Waals surface area (Å²) in [5.41, 5.74) is 1.41. The number of carbonyl (C=O) groups is 1. The lowest BCUT2D eigenvalue weighted by Crippen LogP contribution is -2.29. The highest BCUT2D eigenvalue weighted by molar-refractivity contribution is 5.93. The first-order valence-electron chi connectivity index (χ1n) is 8.04. The van der Waals surface area contributed by atoms with Gasteiger partial charge in [-0.15, -0.1) is 0 Å². The SMILES string of the molecule is COCCN(C)CCCNC(=O)c1cnc(-c2ccccc2)nc1. The Morgan fingerprint density at radius 3 is 2.54 bits per heavy atom. The number of benzene rings is 1. The maximum Gasteiger partial charge on any atom is 0.254 e. The van der Waals surface area contributed by atoms with Crippen LogP contribution in [0.25, 0.3) is 11.4 Å². The third-order valence-corrected chi connectivity index (χ3v) is 3.63. The molecule has 2 rings (SSSR count). The van der Waals surface area contributed by atoms with Gasteiger partial charge in [0.2, 0.25) is 0 Å². The summed E-state index contributed by atoms with van der Waals surface area (Å²) in [4.78, 5) is 22.8. The van der Waals surface area contributed by atoms with E-state index in [9.17, 15) is 4.79 Å². The zero-order valence-corrected chi connectivity index (χ0v) is 14.2. The normalized spacial score (nSPS) is 10.8. The highest BCUT2D eigenvalue weighted by Crippen LogP contribution is 2.13. The molecule has 1 heterocycles. The zero-order valence-electron chi connectivity index (χ0n) is 14.2. The summed E-state index contributed by atoms with van der Waals surface area (Å²) >= 11 is 0. The molecule has 1 aromatic carbocycles. The van der Waals surface area contributed by atoms with Crippen molar-refractivity contribution in [2.45, 2.75) is 6.42 Å². The smallest absolute Gasteiger partial charge is 0.254 e. The van der Waals surface area contributed by atoms with Crippen LogP contribution < -0.4 is 5.32 Å². The predicted octanol–water partition coefficient (Wildman–Crippen LogP) is 1.84. The van der Waals surface area contributed by atoms with E-state index in [0.29, 0.717) is 24.5 Å². The van der Waals surface area contributed by atoms with Gasteiger partial charge in [-0.3, -0.25) is 4.79 Å². The Hall–Kier alpha value is -2.31. The fourth-order valence-corrected chi connectivity index (χ4v) is 2.19. The molecule has 0 unspecified atom stereocenters. The Morgan fingerprint density at radius 1 is 1.17 bits per heavy atom. The Kier molecular flexibility index (Phi) is 7.32. The number of rotatable bonds is 9. The molecule has 0 aliphatic heterocycles. The summed E-state index contributed by atoms with van der Waals surface area (Å²) in [6.07, 6.45) is 4.01. The van der Waals surface area contributed by atoms with E-state index in [0.717, 1.165) is 25.1 Å². The minimum Gasteiger partial charge on any atom is -0.383 e. The summed E-state index contributed by atoms with van der Waals surface area (Å²) in [6.45, 7) is 3.14. The molecule has 0 aliphatic rings. The third kappa shape index (κ3) is 5.72. The molecule has 0 spiro atoms. The van der Waals surface area contributed by atoms with E-state index in [1.807, 2.05) is 37.4 Å². The number of likely N-dealkylation sites (N-methyl/N-ethyl adjacent to an activating group) is 1. The van der Waals surface area contributed by atoms with E-state index < -0.39 is 0 Å². The molecule has 0 radical (unpaired) electrons. The average molecular weight is 328 g/mol. The number of nitrogens with zero attached hydrogens (tertiary/aromatic N) is 3. The van der Waals surface area contributed by atoms with Gasteiger partial charge in [0.15, 0.2) is 5.82 Å². The minimum atomic E-state index is -0.144. The van der Waals surface area contributed by atoms with Crippen molar-refractivity contribution >= 4 is 5.91 Å². The van der Waals surface area contributed by atoms with E-state index in [1.54, 1.807) is 19.5 Å². The lowest BCUT2D eigenvalue weighted by atomic mass is 10.2. The molecule has 1 amide bonds. The summed E-state index contributed by atoms with van der Waals surface area (Å²) in [5.74, 6) is 0.473. The molecule has 1 N–H and O–H groups in total. The molecule has 0 aliphatic carbocycles. The number of ether oxygens (including phenoxy) is 1. The van der Waals surface area contributed by atoms with E-state index in [-0.39, 0.29) is 5.91 Å². The zero-order chi connectivity index (χ0) is 17.2. The van der Waals surface area contributed by atoms with Crippen LogP contribution in [0.15, 0.2) is 42.7 Å². The van der Waals surface area contributed by atoms with E-state index in [1.165, 1.54) is 0 Å². The molecule has 2 aromatic rings. The predicted molar refractivity (Wildman–Crippen MR) is 93.8 cm³/mol. The van der Waals surface area contributed by atoms with Gasteiger partial charge >= 0.3 is 0 Å². The van der Waals surface area contributed by atoms with Crippen molar-refractivity contribution in [3.8, 4) is 11.4 Å². The quantitative estimate of drug-likeness (QED) is 0.712. The van der Waals surface area contributed by atoms with Crippen molar-refractivity contribution in [1.82, 2.24) is 20.2 Å². The van der Waals surface area contributed by atoms with Crippen LogP contribution in [-0.2, 0) is 4.74 Å². The molecular weight excluding hydrogens is 304 g/mol. The van der Waals surface area contributed by atoms with Gasteiger partial charge in [0, 0.05) is 38.2 Å². The molecule has 6 nitrogen and oxygen atoms in total. The van der Waals surface area contributed by atoms with Gasteiger partial charge in [0.05, 0.1) is 12.2 Å². The minimum absolute atomic E-state index is 0.144. The molecule has 0 atom stereocenters. The second-order valence-corrected chi connectivity index (χ2v) is 5.57. The summed E-state index contributed by atoms with van der Waals surface area (Å²) in [5, 5.41) is 2.89.